The minimum atomic E-state index is 0.653. The molecule has 2 nitrogen and oxygen atoms in total. The Bertz CT molecular complexity index is 358. The van der Waals surface area contributed by atoms with Crippen LogP contribution in [0.1, 0.15) is 24.5 Å². The minimum Gasteiger partial charge on any atom is -0.493 e. The summed E-state index contributed by atoms with van der Waals surface area (Å²) in [4.78, 5) is 0. The van der Waals surface area contributed by atoms with Gasteiger partial charge in [-0.2, -0.15) is 0 Å². The third kappa shape index (κ3) is 3.70. The zero-order valence-corrected chi connectivity index (χ0v) is 10.3. The van der Waals surface area contributed by atoms with Gasteiger partial charge in [0.1, 0.15) is 5.75 Å². The predicted molar refractivity (Wildman–Crippen MR) is 68.9 cm³/mol. The molecule has 2 heteroatoms. The fourth-order valence-corrected chi connectivity index (χ4v) is 1.60. The van der Waals surface area contributed by atoms with E-state index in [9.17, 15) is 0 Å². The van der Waals surface area contributed by atoms with Crippen LogP contribution in [0.15, 0.2) is 30.4 Å². The van der Waals surface area contributed by atoms with Crippen molar-refractivity contribution in [1.82, 2.24) is 0 Å². The molecule has 0 atom stereocenters. The number of ether oxygens (including phenoxy) is 1. The van der Waals surface area contributed by atoms with Crippen LogP contribution in [0, 0.1) is 6.92 Å². The second kappa shape index (κ2) is 6.33. The van der Waals surface area contributed by atoms with Gasteiger partial charge in [-0.05, 0) is 37.9 Å². The lowest BCUT2D eigenvalue weighted by atomic mass is 10.1. The van der Waals surface area contributed by atoms with Crippen LogP contribution in [0.25, 0.3) is 0 Å². The van der Waals surface area contributed by atoms with Gasteiger partial charge >= 0.3 is 0 Å². The van der Waals surface area contributed by atoms with E-state index < -0.39 is 0 Å². The zero-order valence-electron chi connectivity index (χ0n) is 10.3. The number of benzene rings is 1. The fourth-order valence-electron chi connectivity index (χ4n) is 1.60. The summed E-state index contributed by atoms with van der Waals surface area (Å²) in [6.45, 7) is 9.29. The summed E-state index contributed by atoms with van der Waals surface area (Å²) in [6, 6.07) is 6.19. The van der Waals surface area contributed by atoms with Crippen molar-refractivity contribution in [3.8, 4) is 5.75 Å². The Morgan fingerprint density at radius 3 is 2.81 bits per heavy atom. The van der Waals surface area contributed by atoms with Crippen LogP contribution < -0.4 is 10.5 Å². The third-order valence-corrected chi connectivity index (χ3v) is 2.48. The molecule has 0 fully saturated rings. The highest BCUT2D eigenvalue weighted by Gasteiger charge is 2.05. The number of nitrogens with two attached hydrogens (primary N) is 1. The van der Waals surface area contributed by atoms with Crippen molar-refractivity contribution >= 4 is 0 Å². The van der Waals surface area contributed by atoms with E-state index >= 15 is 0 Å². The molecule has 0 unspecified atom stereocenters. The Balaban J connectivity index is 2.71. The van der Waals surface area contributed by atoms with Gasteiger partial charge < -0.3 is 10.5 Å². The van der Waals surface area contributed by atoms with Gasteiger partial charge in [0.25, 0.3) is 0 Å². The standard InChI is InChI=1S/C14H21NO/c1-11(2)8-10-16-14-12(3)5-4-6-13(14)7-9-15/h4-6H,1,7-10,15H2,2-3H3. The lowest BCUT2D eigenvalue weighted by molar-refractivity contribution is 0.316. The van der Waals surface area contributed by atoms with Gasteiger partial charge in [-0.3, -0.25) is 0 Å². The number of aryl methyl sites for hydroxylation is 1. The van der Waals surface area contributed by atoms with E-state index in [0.717, 1.165) is 24.2 Å². The molecule has 16 heavy (non-hydrogen) atoms. The lowest BCUT2D eigenvalue weighted by Crippen LogP contribution is -2.07. The van der Waals surface area contributed by atoms with Crippen molar-refractivity contribution < 1.29 is 4.74 Å². The summed E-state index contributed by atoms with van der Waals surface area (Å²) in [5.74, 6) is 0.995. The van der Waals surface area contributed by atoms with Gasteiger partial charge in [-0.25, -0.2) is 0 Å². The van der Waals surface area contributed by atoms with Crippen molar-refractivity contribution in [3.05, 3.63) is 41.5 Å². The first-order valence-corrected chi connectivity index (χ1v) is 5.71. The molecule has 0 bridgehead atoms. The van der Waals surface area contributed by atoms with E-state index in [2.05, 4.69) is 25.6 Å². The van der Waals surface area contributed by atoms with Crippen LogP contribution >= 0.6 is 0 Å². The van der Waals surface area contributed by atoms with Gasteiger partial charge in [0, 0.05) is 6.42 Å². The number of hydrogen-bond donors (Lipinski definition) is 1. The fraction of sp³-hybridized carbons (Fsp3) is 0.429. The first-order valence-electron chi connectivity index (χ1n) is 5.71. The van der Waals surface area contributed by atoms with Gasteiger partial charge in [-0.15, -0.1) is 6.58 Å². The molecule has 0 radical (unpaired) electrons. The highest BCUT2D eigenvalue weighted by atomic mass is 16.5. The normalized spacial score (nSPS) is 10.2. The smallest absolute Gasteiger partial charge is 0.125 e. The molecule has 0 saturated heterocycles. The monoisotopic (exact) mass is 219 g/mol. The van der Waals surface area contributed by atoms with Gasteiger partial charge in [0.05, 0.1) is 6.61 Å². The molecule has 1 aromatic rings. The summed E-state index contributed by atoms with van der Waals surface area (Å²) in [5.41, 5.74) is 9.11. The maximum absolute atomic E-state index is 5.81. The van der Waals surface area contributed by atoms with Crippen molar-refractivity contribution in [3.63, 3.8) is 0 Å². The van der Waals surface area contributed by atoms with Crippen LogP contribution in [0.3, 0.4) is 0 Å². The SMILES string of the molecule is C=C(C)CCOc1c(C)cccc1CCN. The number of hydrogen-bond acceptors (Lipinski definition) is 2. The Labute approximate surface area is 98.1 Å². The van der Waals surface area contributed by atoms with E-state index in [1.807, 2.05) is 13.0 Å². The molecule has 0 saturated carbocycles. The van der Waals surface area contributed by atoms with E-state index in [1.54, 1.807) is 0 Å². The maximum Gasteiger partial charge on any atom is 0.125 e. The quantitative estimate of drug-likeness (QED) is 0.747. The Hall–Kier alpha value is -1.28. The topological polar surface area (TPSA) is 35.2 Å². The molecule has 1 rings (SSSR count). The Morgan fingerprint density at radius 2 is 2.19 bits per heavy atom. The molecule has 0 amide bonds. The Kier molecular flexibility index (Phi) is 5.06. The molecule has 88 valence electrons. The first kappa shape index (κ1) is 12.8. The third-order valence-electron chi connectivity index (χ3n) is 2.48. The molecule has 0 aliphatic carbocycles. The summed E-state index contributed by atoms with van der Waals surface area (Å²) in [5, 5.41) is 0. The minimum absolute atomic E-state index is 0.653. The van der Waals surface area contributed by atoms with E-state index in [0.29, 0.717) is 13.2 Å². The number of para-hydroxylation sites is 1. The zero-order chi connectivity index (χ0) is 12.0. The van der Waals surface area contributed by atoms with Crippen molar-refractivity contribution in [2.75, 3.05) is 13.2 Å². The predicted octanol–water partition coefficient (Wildman–Crippen LogP) is 2.84. The average molecular weight is 219 g/mol. The molecule has 0 spiro atoms. The average Bonchev–Trinajstić information content (AvgIpc) is 2.22. The van der Waals surface area contributed by atoms with Crippen LogP contribution in [0.5, 0.6) is 5.75 Å². The van der Waals surface area contributed by atoms with Gasteiger partial charge in [0.15, 0.2) is 0 Å². The lowest BCUT2D eigenvalue weighted by Gasteiger charge is -2.13. The highest BCUT2D eigenvalue weighted by molar-refractivity contribution is 5.40. The van der Waals surface area contributed by atoms with Crippen LogP contribution in [0.2, 0.25) is 0 Å². The largest absolute Gasteiger partial charge is 0.493 e. The molecule has 0 aliphatic heterocycles. The summed E-state index contributed by atoms with van der Waals surface area (Å²) < 4.78 is 5.81. The van der Waals surface area contributed by atoms with E-state index in [4.69, 9.17) is 10.5 Å². The van der Waals surface area contributed by atoms with Crippen LogP contribution in [-0.4, -0.2) is 13.2 Å². The van der Waals surface area contributed by atoms with Crippen molar-refractivity contribution in [2.24, 2.45) is 5.73 Å². The summed E-state index contributed by atoms with van der Waals surface area (Å²) in [7, 11) is 0. The second-order valence-corrected chi connectivity index (χ2v) is 4.16. The van der Waals surface area contributed by atoms with Crippen LogP contribution in [0.4, 0.5) is 0 Å². The second-order valence-electron chi connectivity index (χ2n) is 4.16. The van der Waals surface area contributed by atoms with Gasteiger partial charge in [-0.1, -0.05) is 23.8 Å². The van der Waals surface area contributed by atoms with Crippen molar-refractivity contribution in [1.29, 1.82) is 0 Å². The first-order chi connectivity index (χ1) is 7.65. The van der Waals surface area contributed by atoms with E-state index in [-0.39, 0.29) is 0 Å². The van der Waals surface area contributed by atoms with Gasteiger partial charge in [0.2, 0.25) is 0 Å². The summed E-state index contributed by atoms with van der Waals surface area (Å²) in [6.07, 6.45) is 1.76. The molecule has 1 aromatic carbocycles. The maximum atomic E-state index is 5.81. The van der Waals surface area contributed by atoms with E-state index in [1.165, 1.54) is 11.1 Å². The Morgan fingerprint density at radius 1 is 1.44 bits per heavy atom. The highest BCUT2D eigenvalue weighted by Crippen LogP contribution is 2.24. The molecule has 2 N–H and O–H groups in total. The molecular formula is C14H21NO. The van der Waals surface area contributed by atoms with Crippen molar-refractivity contribution in [2.45, 2.75) is 26.7 Å². The summed E-state index contributed by atoms with van der Waals surface area (Å²) >= 11 is 0. The molecular weight excluding hydrogens is 198 g/mol. The number of rotatable bonds is 6. The molecule has 0 aromatic heterocycles. The van der Waals surface area contributed by atoms with Crippen LogP contribution in [-0.2, 0) is 6.42 Å². The molecule has 0 heterocycles. The molecule has 0 aliphatic rings.